The van der Waals surface area contributed by atoms with Crippen molar-refractivity contribution >= 4 is 29.7 Å². The molecule has 1 aromatic carbocycles. The van der Waals surface area contributed by atoms with Gasteiger partial charge in [-0.15, -0.1) is 0 Å². The van der Waals surface area contributed by atoms with Gasteiger partial charge in [0.25, 0.3) is 0 Å². The number of carboxylic acid groups (broad SMARTS) is 1. The Morgan fingerprint density at radius 3 is 2.70 bits per heavy atom. The van der Waals surface area contributed by atoms with Crippen LogP contribution in [0.4, 0.5) is 5.69 Å². The number of aromatic nitrogens is 1. The van der Waals surface area contributed by atoms with Crippen molar-refractivity contribution in [1.82, 2.24) is 4.98 Å². The first-order valence-electron chi connectivity index (χ1n) is 8.26. The Morgan fingerprint density at radius 1 is 1.37 bits per heavy atom. The first-order valence-corrected chi connectivity index (χ1v) is 8.64. The number of hydrogen-bond acceptors (Lipinski definition) is 5. The largest absolute Gasteiger partial charge is 0.494 e. The van der Waals surface area contributed by atoms with Gasteiger partial charge >= 0.3 is 5.97 Å². The van der Waals surface area contributed by atoms with Crippen molar-refractivity contribution in [3.63, 3.8) is 0 Å². The third kappa shape index (κ3) is 5.34. The number of pyridine rings is 1. The number of halogens is 1. The maximum absolute atomic E-state index is 11.4. The minimum Gasteiger partial charge on any atom is -0.494 e. The molecule has 144 valence electrons. The summed E-state index contributed by atoms with van der Waals surface area (Å²) < 4.78 is 11.3. The summed E-state index contributed by atoms with van der Waals surface area (Å²) in [5, 5.41) is 9.10. The molecule has 0 spiro atoms. The zero-order chi connectivity index (χ0) is 20.0. The van der Waals surface area contributed by atoms with E-state index in [0.717, 1.165) is 11.3 Å². The van der Waals surface area contributed by atoms with Crippen molar-refractivity contribution in [2.45, 2.75) is 26.4 Å². The Kier molecular flexibility index (Phi) is 7.01. The van der Waals surface area contributed by atoms with Crippen LogP contribution in [-0.2, 0) is 9.59 Å². The molecular weight excluding hydrogens is 372 g/mol. The Bertz CT molecular complexity index is 828. The Hall–Kier alpha value is -2.80. The topological polar surface area (TPSA) is 89.0 Å². The summed E-state index contributed by atoms with van der Waals surface area (Å²) in [6.07, 6.45) is 1.69. The van der Waals surface area contributed by atoms with Gasteiger partial charge in [-0.05, 0) is 37.6 Å². The minimum absolute atomic E-state index is 0.00462. The number of hydrogen-bond donors (Lipinski definition) is 1. The van der Waals surface area contributed by atoms with Gasteiger partial charge in [0, 0.05) is 18.8 Å². The highest BCUT2D eigenvalue weighted by Gasteiger charge is 2.19. The Balaban J connectivity index is 2.29. The van der Waals surface area contributed by atoms with E-state index in [1.165, 1.54) is 18.1 Å². The van der Waals surface area contributed by atoms with Crippen LogP contribution in [-0.4, -0.2) is 36.1 Å². The van der Waals surface area contributed by atoms with Gasteiger partial charge in [-0.2, -0.15) is 0 Å². The number of carboxylic acids is 1. The summed E-state index contributed by atoms with van der Waals surface area (Å²) in [6, 6.07) is 6.90. The van der Waals surface area contributed by atoms with E-state index in [4.69, 9.17) is 26.2 Å². The fraction of sp³-hybridized carbons (Fsp3) is 0.316. The van der Waals surface area contributed by atoms with E-state index in [2.05, 4.69) is 4.98 Å². The zero-order valence-electron chi connectivity index (χ0n) is 15.3. The molecule has 0 radical (unpaired) electrons. The molecule has 27 heavy (non-hydrogen) atoms. The van der Waals surface area contributed by atoms with Gasteiger partial charge in [-0.25, -0.2) is 0 Å². The highest BCUT2D eigenvalue weighted by molar-refractivity contribution is 6.32. The number of aliphatic carboxylic acids is 1. The van der Waals surface area contributed by atoms with Crippen LogP contribution in [0, 0.1) is 6.92 Å². The summed E-state index contributed by atoms with van der Waals surface area (Å²) in [6.45, 7) is 3.81. The van der Waals surface area contributed by atoms with Crippen molar-refractivity contribution in [3.05, 3.63) is 46.7 Å². The summed E-state index contributed by atoms with van der Waals surface area (Å²) in [5.41, 5.74) is 2.19. The number of carbonyl (C=O) groups excluding carboxylic acids is 1. The lowest BCUT2D eigenvalue weighted by Crippen LogP contribution is -2.24. The van der Waals surface area contributed by atoms with E-state index in [9.17, 15) is 9.59 Å². The second-order valence-corrected chi connectivity index (χ2v) is 6.32. The standard InChI is InChI=1S/C19H21ClN2O5/c1-12-4-6-21-15(8-12)13(2)27-17-10-18(26-3)16(9-14(17)20)22(11-23)7-5-19(24)25/h4,6,8-11,13H,5,7H2,1-3H3,(H,24,25)/t13-/m1/s1. The van der Waals surface area contributed by atoms with Crippen LogP contribution in [0.5, 0.6) is 11.5 Å². The first-order chi connectivity index (χ1) is 12.8. The number of carbonyl (C=O) groups is 2. The van der Waals surface area contributed by atoms with Crippen LogP contribution in [0.3, 0.4) is 0 Å². The van der Waals surface area contributed by atoms with Gasteiger partial charge in [-0.3, -0.25) is 14.6 Å². The number of rotatable bonds is 9. The molecule has 1 aromatic heterocycles. The smallest absolute Gasteiger partial charge is 0.305 e. The van der Waals surface area contributed by atoms with Crippen LogP contribution in [0.25, 0.3) is 0 Å². The second kappa shape index (κ2) is 9.23. The number of aryl methyl sites for hydroxylation is 1. The third-order valence-electron chi connectivity index (χ3n) is 3.89. The van der Waals surface area contributed by atoms with Crippen molar-refractivity contribution in [2.24, 2.45) is 0 Å². The van der Waals surface area contributed by atoms with Gasteiger partial charge < -0.3 is 19.5 Å². The number of anilines is 1. The van der Waals surface area contributed by atoms with E-state index < -0.39 is 5.97 Å². The number of benzene rings is 1. The molecule has 1 heterocycles. The van der Waals surface area contributed by atoms with E-state index in [-0.39, 0.29) is 24.1 Å². The maximum Gasteiger partial charge on any atom is 0.305 e. The number of amides is 1. The lowest BCUT2D eigenvalue weighted by Gasteiger charge is -2.22. The summed E-state index contributed by atoms with van der Waals surface area (Å²) >= 11 is 6.33. The SMILES string of the molecule is COc1cc(O[C@H](C)c2cc(C)ccn2)c(Cl)cc1N(C=O)CCC(=O)O. The summed E-state index contributed by atoms with van der Waals surface area (Å²) in [5.74, 6) is -0.292. The maximum atomic E-state index is 11.4. The molecule has 0 aliphatic rings. The third-order valence-corrected chi connectivity index (χ3v) is 4.19. The van der Waals surface area contributed by atoms with E-state index >= 15 is 0 Å². The average Bonchev–Trinajstić information content (AvgIpc) is 2.63. The van der Waals surface area contributed by atoms with Crippen LogP contribution in [0.1, 0.15) is 30.7 Å². The molecule has 1 atom stereocenters. The van der Waals surface area contributed by atoms with Crippen LogP contribution in [0.2, 0.25) is 5.02 Å². The van der Waals surface area contributed by atoms with Gasteiger partial charge in [0.05, 0.1) is 29.9 Å². The predicted molar refractivity (Wildman–Crippen MR) is 102 cm³/mol. The molecule has 1 amide bonds. The van der Waals surface area contributed by atoms with Crippen LogP contribution < -0.4 is 14.4 Å². The predicted octanol–water partition coefficient (Wildman–Crippen LogP) is 3.63. The van der Waals surface area contributed by atoms with Crippen LogP contribution in [0.15, 0.2) is 30.5 Å². The molecule has 0 saturated heterocycles. The van der Waals surface area contributed by atoms with Crippen molar-refractivity contribution in [3.8, 4) is 11.5 Å². The molecule has 0 unspecified atom stereocenters. The lowest BCUT2D eigenvalue weighted by atomic mass is 10.2. The van der Waals surface area contributed by atoms with Gasteiger partial charge in [-0.1, -0.05) is 11.6 Å². The summed E-state index contributed by atoms with van der Waals surface area (Å²) in [7, 11) is 1.45. The second-order valence-electron chi connectivity index (χ2n) is 5.92. The molecule has 0 aliphatic heterocycles. The number of nitrogens with zero attached hydrogens (tertiary/aromatic N) is 2. The first kappa shape index (κ1) is 20.5. The minimum atomic E-state index is -1.01. The Morgan fingerprint density at radius 2 is 2.11 bits per heavy atom. The van der Waals surface area contributed by atoms with Gasteiger partial charge in [0.1, 0.15) is 17.6 Å². The molecule has 0 fully saturated rings. The fourth-order valence-electron chi connectivity index (χ4n) is 2.48. The van der Waals surface area contributed by atoms with Crippen molar-refractivity contribution < 1.29 is 24.2 Å². The molecular formula is C19H21ClN2O5. The van der Waals surface area contributed by atoms with Gasteiger partial charge in [0.2, 0.25) is 6.41 Å². The lowest BCUT2D eigenvalue weighted by molar-refractivity contribution is -0.136. The fourth-order valence-corrected chi connectivity index (χ4v) is 2.68. The van der Waals surface area contributed by atoms with E-state index in [1.807, 2.05) is 26.0 Å². The van der Waals surface area contributed by atoms with E-state index in [0.29, 0.717) is 23.6 Å². The zero-order valence-corrected chi connectivity index (χ0v) is 16.1. The number of ether oxygens (including phenoxy) is 2. The van der Waals surface area contributed by atoms with Crippen LogP contribution >= 0.6 is 11.6 Å². The Labute approximate surface area is 162 Å². The van der Waals surface area contributed by atoms with Gasteiger partial charge in [0.15, 0.2) is 0 Å². The number of methoxy groups -OCH3 is 1. The molecule has 0 bridgehead atoms. The molecule has 8 heteroatoms. The van der Waals surface area contributed by atoms with Crippen molar-refractivity contribution in [1.29, 1.82) is 0 Å². The summed E-state index contributed by atoms with van der Waals surface area (Å²) in [4.78, 5) is 27.7. The highest BCUT2D eigenvalue weighted by Crippen LogP contribution is 2.39. The highest BCUT2D eigenvalue weighted by atomic mass is 35.5. The molecule has 0 aliphatic carbocycles. The monoisotopic (exact) mass is 392 g/mol. The van der Waals surface area contributed by atoms with E-state index in [1.54, 1.807) is 12.3 Å². The normalized spacial score (nSPS) is 11.6. The molecule has 2 rings (SSSR count). The van der Waals surface area contributed by atoms with Crippen molar-refractivity contribution in [2.75, 3.05) is 18.6 Å². The molecule has 1 N–H and O–H groups in total. The molecule has 0 saturated carbocycles. The average molecular weight is 393 g/mol. The quantitative estimate of drug-likeness (QED) is 0.655. The molecule has 7 nitrogen and oxygen atoms in total. The molecule has 2 aromatic rings.